The third-order valence-corrected chi connectivity index (χ3v) is 16.3. The second-order valence-electron chi connectivity index (χ2n) is 20.5. The van der Waals surface area contributed by atoms with E-state index in [1.807, 2.05) is 0 Å². The Hall–Kier alpha value is -9.63. The molecule has 0 saturated heterocycles. The summed E-state index contributed by atoms with van der Waals surface area (Å²) >= 11 is 0. The molecule has 0 amide bonds. The van der Waals surface area contributed by atoms with Crippen molar-refractivity contribution in [3.8, 4) is 33.5 Å². The molecule has 2 aliphatic rings. The molecule has 1 unspecified atom stereocenters. The maximum absolute atomic E-state index is 5.47. The Bertz CT molecular complexity index is 4180. The van der Waals surface area contributed by atoms with Crippen LogP contribution in [0, 0.1) is 0 Å². The number of fused-ring (bicyclic) bond motifs is 5. The van der Waals surface area contributed by atoms with Gasteiger partial charge in [-0.25, -0.2) is 4.98 Å². The van der Waals surface area contributed by atoms with Gasteiger partial charge in [-0.15, -0.1) is 0 Å². The molecule has 11 aromatic carbocycles. The van der Waals surface area contributed by atoms with E-state index < -0.39 is 10.8 Å². The fourth-order valence-corrected chi connectivity index (χ4v) is 12.9. The molecule has 14 rings (SSSR count). The number of allylic oxidation sites excluding steroid dienone is 4. The van der Waals surface area contributed by atoms with Crippen molar-refractivity contribution in [2.24, 2.45) is 0 Å². The highest BCUT2D eigenvalue weighted by molar-refractivity contribution is 5.94. The molecule has 2 nitrogen and oxygen atoms in total. The molecular weight excluding hydrogens is 929 g/mol. The van der Waals surface area contributed by atoms with Crippen molar-refractivity contribution >= 4 is 38.7 Å². The van der Waals surface area contributed by atoms with Gasteiger partial charge in [-0.1, -0.05) is 254 Å². The molecule has 0 aliphatic heterocycles. The second kappa shape index (κ2) is 19.3. The van der Waals surface area contributed by atoms with Crippen LogP contribution in [0.15, 0.2) is 309 Å². The molecule has 77 heavy (non-hydrogen) atoms. The highest BCUT2D eigenvalue weighted by Gasteiger charge is 2.47. The Morgan fingerprint density at radius 1 is 0.377 bits per heavy atom. The third-order valence-electron chi connectivity index (χ3n) is 16.3. The van der Waals surface area contributed by atoms with E-state index in [1.54, 1.807) is 0 Å². The first kappa shape index (κ1) is 45.9. The molecule has 0 fully saturated rings. The van der Waals surface area contributed by atoms with Crippen LogP contribution in [0.3, 0.4) is 0 Å². The Morgan fingerprint density at radius 2 is 0.948 bits per heavy atom. The Balaban J connectivity index is 1.02. The number of hydrogen-bond donors (Lipinski definition) is 0. The minimum Gasteiger partial charge on any atom is -0.310 e. The van der Waals surface area contributed by atoms with Gasteiger partial charge in [0.1, 0.15) is 0 Å². The van der Waals surface area contributed by atoms with Crippen molar-refractivity contribution in [2.75, 3.05) is 4.90 Å². The molecule has 1 heterocycles. The van der Waals surface area contributed by atoms with Crippen LogP contribution in [-0.2, 0) is 10.8 Å². The van der Waals surface area contributed by atoms with Gasteiger partial charge in [0.2, 0.25) is 0 Å². The van der Waals surface area contributed by atoms with Gasteiger partial charge in [0.25, 0.3) is 0 Å². The largest absolute Gasteiger partial charge is 0.310 e. The summed E-state index contributed by atoms with van der Waals surface area (Å²) in [5.74, 6) is 0. The number of aromatic nitrogens is 1. The second-order valence-corrected chi connectivity index (χ2v) is 20.5. The summed E-state index contributed by atoms with van der Waals surface area (Å²) in [5, 5.41) is 3.51. The van der Waals surface area contributed by atoms with E-state index in [4.69, 9.17) is 4.98 Å². The molecule has 12 aromatic rings. The predicted octanol–water partition coefficient (Wildman–Crippen LogP) is 19.2. The minimum absolute atomic E-state index is 0.480. The molecule has 0 bridgehead atoms. The lowest BCUT2D eigenvalue weighted by atomic mass is 9.64. The normalized spacial score (nSPS) is 14.7. The molecule has 2 heteroatoms. The lowest BCUT2D eigenvalue weighted by Crippen LogP contribution is -2.31. The number of pyridine rings is 1. The van der Waals surface area contributed by atoms with Crippen molar-refractivity contribution in [1.29, 1.82) is 0 Å². The summed E-state index contributed by atoms with van der Waals surface area (Å²) in [6.45, 7) is 0. The SMILES string of the molecule is C1=CCCC(C2(c3ccccc3)c3ccccc3-c3ccc(N(c4cccc(C(c5ccccc5)(c5ccccc5)c5cccc(-c6nc7ccccc7cc6-c6ccccc6)c5)c4)c4ccc5ccccc5c4)cc32)=C1. The molecule has 0 N–H and O–H groups in total. The van der Waals surface area contributed by atoms with Gasteiger partial charge in [-0.05, 0) is 134 Å². The highest BCUT2D eigenvalue weighted by Crippen LogP contribution is 2.59. The zero-order chi connectivity index (χ0) is 51.2. The first-order chi connectivity index (χ1) is 38.2. The zero-order valence-corrected chi connectivity index (χ0v) is 42.7. The zero-order valence-electron chi connectivity index (χ0n) is 42.7. The van der Waals surface area contributed by atoms with E-state index in [0.717, 1.165) is 74.3 Å². The quantitative estimate of drug-likeness (QED) is 0.120. The lowest BCUT2D eigenvalue weighted by Gasteiger charge is -2.38. The van der Waals surface area contributed by atoms with Crippen molar-refractivity contribution in [3.05, 3.63) is 348 Å². The molecule has 2 aliphatic carbocycles. The fourth-order valence-electron chi connectivity index (χ4n) is 12.9. The monoisotopic (exact) mass is 982 g/mol. The predicted molar refractivity (Wildman–Crippen MR) is 321 cm³/mol. The molecule has 1 atom stereocenters. The van der Waals surface area contributed by atoms with Crippen molar-refractivity contribution in [1.82, 2.24) is 4.98 Å². The number of hydrogen-bond acceptors (Lipinski definition) is 2. The average Bonchev–Trinajstić information content (AvgIpc) is 3.89. The smallest absolute Gasteiger partial charge is 0.0788 e. The van der Waals surface area contributed by atoms with Crippen molar-refractivity contribution in [2.45, 2.75) is 23.7 Å². The summed E-state index contributed by atoms with van der Waals surface area (Å²) in [6, 6.07) is 105. The van der Waals surface area contributed by atoms with Crippen LogP contribution in [0.2, 0.25) is 0 Å². The van der Waals surface area contributed by atoms with E-state index >= 15 is 0 Å². The van der Waals surface area contributed by atoms with E-state index in [9.17, 15) is 0 Å². The van der Waals surface area contributed by atoms with Crippen LogP contribution in [0.4, 0.5) is 17.1 Å². The summed E-state index contributed by atoms with van der Waals surface area (Å²) in [6.07, 6.45) is 8.95. The van der Waals surface area contributed by atoms with Crippen LogP contribution in [0.5, 0.6) is 0 Å². The first-order valence-electron chi connectivity index (χ1n) is 26.9. The Morgan fingerprint density at radius 3 is 1.70 bits per heavy atom. The number of rotatable bonds is 11. The summed E-state index contributed by atoms with van der Waals surface area (Å²) < 4.78 is 0. The fraction of sp³-hybridized carbons (Fsp3) is 0.0533. The van der Waals surface area contributed by atoms with Gasteiger partial charge in [0.05, 0.1) is 22.0 Å². The topological polar surface area (TPSA) is 16.1 Å². The molecule has 0 radical (unpaired) electrons. The van der Waals surface area contributed by atoms with E-state index in [0.29, 0.717) is 0 Å². The molecular formula is C75H54N2. The molecule has 0 spiro atoms. The maximum Gasteiger partial charge on any atom is 0.0788 e. The van der Waals surface area contributed by atoms with Crippen LogP contribution in [0.1, 0.15) is 51.8 Å². The lowest BCUT2D eigenvalue weighted by molar-refractivity contribution is 0.693. The number of para-hydroxylation sites is 1. The number of benzene rings is 11. The molecule has 0 saturated carbocycles. The Kier molecular flexibility index (Phi) is 11.5. The minimum atomic E-state index is -0.767. The van der Waals surface area contributed by atoms with Gasteiger partial charge in [0.15, 0.2) is 0 Å². The standard InChI is InChI=1S/C75H54N2/c1-6-25-54(26-7-1)69-50-56-28-18-21-43-72(56)76-73(69)57-29-22-38-62(48-57)74(58-30-8-2-9-31-58,59-32-10-3-11-33-59)63-39-23-40-64(51-63)77(65-45-44-53-24-16-17-27-55(53)49-65)66-46-47-68-67-41-19-20-42-70(67)75(71(68)52-66,60-34-12-4-13-35-60)61-36-14-5-15-37-61/h1-14,16-36,38-52H,15,37H2. The Labute approximate surface area is 451 Å². The van der Waals surface area contributed by atoms with Gasteiger partial charge in [0, 0.05) is 33.6 Å². The van der Waals surface area contributed by atoms with Crippen molar-refractivity contribution in [3.63, 3.8) is 0 Å². The maximum atomic E-state index is 5.47. The van der Waals surface area contributed by atoms with E-state index in [-0.39, 0.29) is 0 Å². The summed E-state index contributed by atoms with van der Waals surface area (Å²) in [5.41, 5.74) is 19.8. The van der Waals surface area contributed by atoms with Gasteiger partial charge in [-0.2, -0.15) is 0 Å². The number of nitrogens with zero attached hydrogens (tertiary/aromatic N) is 2. The molecule has 364 valence electrons. The van der Waals surface area contributed by atoms with Crippen LogP contribution < -0.4 is 4.90 Å². The van der Waals surface area contributed by atoms with Gasteiger partial charge in [-0.3, -0.25) is 0 Å². The summed E-state index contributed by atoms with van der Waals surface area (Å²) in [7, 11) is 0. The first-order valence-corrected chi connectivity index (χ1v) is 26.9. The molecule has 1 aromatic heterocycles. The van der Waals surface area contributed by atoms with E-state index in [1.165, 1.54) is 55.3 Å². The highest BCUT2D eigenvalue weighted by atomic mass is 15.1. The van der Waals surface area contributed by atoms with Gasteiger partial charge < -0.3 is 4.90 Å². The third kappa shape index (κ3) is 7.67. The average molecular weight is 983 g/mol. The summed E-state index contributed by atoms with van der Waals surface area (Å²) in [4.78, 5) is 7.97. The van der Waals surface area contributed by atoms with Crippen LogP contribution >= 0.6 is 0 Å². The number of anilines is 3. The van der Waals surface area contributed by atoms with Crippen LogP contribution in [0.25, 0.3) is 55.2 Å². The van der Waals surface area contributed by atoms with Gasteiger partial charge >= 0.3 is 0 Å². The van der Waals surface area contributed by atoms with E-state index in [2.05, 4.69) is 308 Å². The van der Waals surface area contributed by atoms with Crippen molar-refractivity contribution < 1.29 is 0 Å². The van der Waals surface area contributed by atoms with Crippen LogP contribution in [-0.4, -0.2) is 4.98 Å².